The van der Waals surface area contributed by atoms with Crippen LogP contribution in [0.3, 0.4) is 0 Å². The van der Waals surface area contributed by atoms with Crippen molar-refractivity contribution in [2.45, 2.75) is 32.7 Å². The fourth-order valence-corrected chi connectivity index (χ4v) is 2.26. The molecule has 4 nitrogen and oxygen atoms in total. The Morgan fingerprint density at radius 3 is 2.50 bits per heavy atom. The van der Waals surface area contributed by atoms with Crippen molar-refractivity contribution in [1.29, 1.82) is 0 Å². The molecule has 0 radical (unpaired) electrons. The Morgan fingerprint density at radius 2 is 1.94 bits per heavy atom. The van der Waals surface area contributed by atoms with E-state index in [1.807, 2.05) is 20.9 Å². The molecule has 1 aromatic heterocycles. The molecule has 16 heavy (non-hydrogen) atoms. The van der Waals surface area contributed by atoms with Gasteiger partial charge in [-0.2, -0.15) is 0 Å². The summed E-state index contributed by atoms with van der Waals surface area (Å²) in [6, 6.07) is 2.74. The number of hydrogen-bond donors (Lipinski definition) is 1. The number of piperidine rings is 1. The van der Waals surface area contributed by atoms with E-state index in [0.717, 1.165) is 30.4 Å². The molecule has 88 valence electrons. The molecule has 0 spiro atoms. The summed E-state index contributed by atoms with van der Waals surface area (Å²) in [5.74, 6) is 1.95. The summed E-state index contributed by atoms with van der Waals surface area (Å²) in [6.07, 6.45) is 2.39. The molecule has 0 aromatic carbocycles. The van der Waals surface area contributed by atoms with E-state index in [0.29, 0.717) is 6.04 Å². The number of aryl methyl sites for hydroxylation is 2. The van der Waals surface area contributed by atoms with Crippen LogP contribution in [0, 0.1) is 13.8 Å². The first-order valence-electron chi connectivity index (χ1n) is 5.93. The molecule has 0 saturated carbocycles. The number of nitrogens with one attached hydrogen (secondary N) is 1. The molecule has 1 aromatic rings. The van der Waals surface area contributed by atoms with Crippen molar-refractivity contribution in [3.63, 3.8) is 0 Å². The lowest BCUT2D eigenvalue weighted by atomic mass is 10.1. The minimum Gasteiger partial charge on any atom is -0.356 e. The smallest absolute Gasteiger partial charge is 0.132 e. The average molecular weight is 220 g/mol. The Morgan fingerprint density at radius 1 is 1.25 bits per heavy atom. The Balaban J connectivity index is 2.08. The predicted octanol–water partition coefficient (Wildman–Crippen LogP) is 1.28. The Kier molecular flexibility index (Phi) is 3.39. The molecule has 0 atom stereocenters. The van der Waals surface area contributed by atoms with Crippen molar-refractivity contribution < 1.29 is 0 Å². The maximum absolute atomic E-state index is 4.50. The van der Waals surface area contributed by atoms with Crippen molar-refractivity contribution in [3.05, 3.63) is 17.6 Å². The van der Waals surface area contributed by atoms with Gasteiger partial charge in [0.1, 0.15) is 11.6 Å². The second-order valence-electron chi connectivity index (χ2n) is 4.46. The standard InChI is InChI=1S/C12H20N4/c1-9-8-12(15-10(2)14-9)16-6-4-11(13-3)5-7-16/h8,11,13H,4-7H2,1-3H3. The third kappa shape index (κ3) is 2.50. The van der Waals surface area contributed by atoms with E-state index in [-0.39, 0.29) is 0 Å². The van der Waals surface area contributed by atoms with Crippen LogP contribution in [0.25, 0.3) is 0 Å². The molecule has 1 aliphatic heterocycles. The van der Waals surface area contributed by atoms with Gasteiger partial charge in [-0.3, -0.25) is 0 Å². The molecule has 4 heteroatoms. The zero-order valence-corrected chi connectivity index (χ0v) is 10.3. The van der Waals surface area contributed by atoms with Gasteiger partial charge < -0.3 is 10.2 Å². The quantitative estimate of drug-likeness (QED) is 0.815. The molecule has 1 N–H and O–H groups in total. The van der Waals surface area contributed by atoms with Gasteiger partial charge in [0.2, 0.25) is 0 Å². The van der Waals surface area contributed by atoms with E-state index < -0.39 is 0 Å². The molecule has 0 aliphatic carbocycles. The van der Waals surface area contributed by atoms with E-state index in [9.17, 15) is 0 Å². The zero-order chi connectivity index (χ0) is 11.5. The predicted molar refractivity (Wildman–Crippen MR) is 65.8 cm³/mol. The summed E-state index contributed by atoms with van der Waals surface area (Å²) in [6.45, 7) is 6.15. The van der Waals surface area contributed by atoms with E-state index in [2.05, 4.69) is 26.3 Å². The van der Waals surface area contributed by atoms with Gasteiger partial charge in [-0.05, 0) is 33.7 Å². The van der Waals surface area contributed by atoms with Crippen LogP contribution in [-0.4, -0.2) is 36.1 Å². The fraction of sp³-hybridized carbons (Fsp3) is 0.667. The third-order valence-electron chi connectivity index (χ3n) is 3.18. The SMILES string of the molecule is CNC1CCN(c2cc(C)nc(C)n2)CC1. The maximum Gasteiger partial charge on any atom is 0.132 e. The van der Waals surface area contributed by atoms with Crippen molar-refractivity contribution in [2.24, 2.45) is 0 Å². The van der Waals surface area contributed by atoms with Gasteiger partial charge in [0.15, 0.2) is 0 Å². The van der Waals surface area contributed by atoms with Crippen molar-refractivity contribution in [1.82, 2.24) is 15.3 Å². The van der Waals surface area contributed by atoms with Crippen molar-refractivity contribution >= 4 is 5.82 Å². The highest BCUT2D eigenvalue weighted by Gasteiger charge is 2.18. The van der Waals surface area contributed by atoms with Crippen molar-refractivity contribution in [2.75, 3.05) is 25.0 Å². The van der Waals surface area contributed by atoms with E-state index in [1.54, 1.807) is 0 Å². The maximum atomic E-state index is 4.50. The van der Waals surface area contributed by atoms with Crippen LogP contribution in [-0.2, 0) is 0 Å². The first kappa shape index (κ1) is 11.3. The van der Waals surface area contributed by atoms with Crippen LogP contribution in [0.5, 0.6) is 0 Å². The second kappa shape index (κ2) is 4.78. The summed E-state index contributed by atoms with van der Waals surface area (Å²) >= 11 is 0. The third-order valence-corrected chi connectivity index (χ3v) is 3.18. The summed E-state index contributed by atoms with van der Waals surface area (Å²) in [4.78, 5) is 11.2. The zero-order valence-electron chi connectivity index (χ0n) is 10.3. The minimum absolute atomic E-state index is 0.667. The van der Waals surface area contributed by atoms with Gasteiger partial charge in [0.25, 0.3) is 0 Å². The summed E-state index contributed by atoms with van der Waals surface area (Å²) in [5, 5.41) is 3.34. The molecule has 0 amide bonds. The second-order valence-corrected chi connectivity index (χ2v) is 4.46. The average Bonchev–Trinajstić information content (AvgIpc) is 2.28. The summed E-state index contributed by atoms with van der Waals surface area (Å²) in [5.41, 5.74) is 1.05. The van der Waals surface area contributed by atoms with Crippen LogP contribution >= 0.6 is 0 Å². The van der Waals surface area contributed by atoms with Crippen LogP contribution in [0.15, 0.2) is 6.07 Å². The van der Waals surface area contributed by atoms with E-state index in [4.69, 9.17) is 0 Å². The Bertz CT molecular complexity index is 336. The number of hydrogen-bond acceptors (Lipinski definition) is 4. The molecule has 1 aliphatic rings. The summed E-state index contributed by atoms with van der Waals surface area (Å²) in [7, 11) is 2.04. The number of anilines is 1. The monoisotopic (exact) mass is 220 g/mol. The molecule has 2 heterocycles. The van der Waals surface area contributed by atoms with Crippen LogP contribution in [0.1, 0.15) is 24.4 Å². The van der Waals surface area contributed by atoms with Crippen LogP contribution in [0.2, 0.25) is 0 Å². The highest BCUT2D eigenvalue weighted by atomic mass is 15.2. The van der Waals surface area contributed by atoms with Crippen molar-refractivity contribution in [3.8, 4) is 0 Å². The Hall–Kier alpha value is -1.16. The Labute approximate surface area is 97.1 Å². The molecular formula is C12H20N4. The van der Waals surface area contributed by atoms with E-state index in [1.165, 1.54) is 12.8 Å². The molecular weight excluding hydrogens is 200 g/mol. The number of rotatable bonds is 2. The van der Waals surface area contributed by atoms with Gasteiger partial charge >= 0.3 is 0 Å². The molecule has 0 bridgehead atoms. The van der Waals surface area contributed by atoms with Crippen LogP contribution < -0.4 is 10.2 Å². The first-order chi connectivity index (χ1) is 7.69. The lowest BCUT2D eigenvalue weighted by Crippen LogP contribution is -2.41. The minimum atomic E-state index is 0.667. The molecule has 1 saturated heterocycles. The molecule has 1 fully saturated rings. The fourth-order valence-electron chi connectivity index (χ4n) is 2.26. The molecule has 2 rings (SSSR count). The normalized spacial score (nSPS) is 17.8. The number of nitrogens with zero attached hydrogens (tertiary/aromatic N) is 3. The lowest BCUT2D eigenvalue weighted by Gasteiger charge is -2.32. The number of aromatic nitrogens is 2. The van der Waals surface area contributed by atoms with Gasteiger partial charge in [0.05, 0.1) is 0 Å². The first-order valence-corrected chi connectivity index (χ1v) is 5.93. The van der Waals surface area contributed by atoms with Gasteiger partial charge in [-0.25, -0.2) is 9.97 Å². The summed E-state index contributed by atoms with van der Waals surface area (Å²) < 4.78 is 0. The van der Waals surface area contributed by atoms with E-state index >= 15 is 0 Å². The van der Waals surface area contributed by atoms with Gasteiger partial charge in [-0.15, -0.1) is 0 Å². The van der Waals surface area contributed by atoms with Gasteiger partial charge in [-0.1, -0.05) is 0 Å². The highest BCUT2D eigenvalue weighted by Crippen LogP contribution is 2.18. The topological polar surface area (TPSA) is 41.0 Å². The highest BCUT2D eigenvalue weighted by molar-refractivity contribution is 5.40. The van der Waals surface area contributed by atoms with Crippen LogP contribution in [0.4, 0.5) is 5.82 Å². The largest absolute Gasteiger partial charge is 0.356 e. The molecule has 0 unspecified atom stereocenters. The lowest BCUT2D eigenvalue weighted by molar-refractivity contribution is 0.440. The van der Waals surface area contributed by atoms with Gasteiger partial charge in [0, 0.05) is 30.9 Å².